The highest BCUT2D eigenvalue weighted by Gasteiger charge is 2.11. The van der Waals surface area contributed by atoms with Crippen LogP contribution >= 0.6 is 11.3 Å². The largest absolute Gasteiger partial charge is 0.366 e. The molecule has 0 aliphatic carbocycles. The average molecular weight is 275 g/mol. The Balaban J connectivity index is 2.17. The topological polar surface area (TPSA) is 42.1 Å². The summed E-state index contributed by atoms with van der Waals surface area (Å²) < 4.78 is 0. The molecule has 1 heterocycles. The molecule has 0 saturated carbocycles. The zero-order valence-corrected chi connectivity index (χ0v) is 12.6. The van der Waals surface area contributed by atoms with Gasteiger partial charge in [0.15, 0.2) is 0 Å². The first-order chi connectivity index (χ1) is 9.11. The van der Waals surface area contributed by atoms with Crippen molar-refractivity contribution in [3.63, 3.8) is 0 Å². The van der Waals surface area contributed by atoms with Gasteiger partial charge in [0.25, 0.3) is 0 Å². The van der Waals surface area contributed by atoms with E-state index in [1.165, 1.54) is 11.3 Å². The number of para-hydroxylation sites is 1. The normalized spacial score (nSPS) is 12.4. The SMILES string of the molecule is CCN(Cc1csc(C(C)N)n1)c1ccccc1C. The van der Waals surface area contributed by atoms with E-state index in [2.05, 4.69) is 53.4 Å². The zero-order valence-electron chi connectivity index (χ0n) is 11.8. The minimum absolute atomic E-state index is 0.0206. The van der Waals surface area contributed by atoms with E-state index in [4.69, 9.17) is 5.73 Å². The first-order valence-corrected chi connectivity index (χ1v) is 7.50. The number of thiazole rings is 1. The minimum atomic E-state index is 0.0206. The van der Waals surface area contributed by atoms with Crippen molar-refractivity contribution in [2.75, 3.05) is 11.4 Å². The molecule has 0 amide bonds. The number of hydrogen-bond donors (Lipinski definition) is 1. The van der Waals surface area contributed by atoms with Crippen LogP contribution in [0.15, 0.2) is 29.6 Å². The molecule has 1 atom stereocenters. The van der Waals surface area contributed by atoms with Gasteiger partial charge in [0.2, 0.25) is 0 Å². The fourth-order valence-electron chi connectivity index (χ4n) is 2.09. The molecule has 1 unspecified atom stereocenters. The number of anilines is 1. The smallest absolute Gasteiger partial charge is 0.109 e. The fraction of sp³-hybridized carbons (Fsp3) is 0.400. The van der Waals surface area contributed by atoms with E-state index in [0.717, 1.165) is 23.8 Å². The van der Waals surface area contributed by atoms with E-state index >= 15 is 0 Å². The maximum absolute atomic E-state index is 5.86. The zero-order chi connectivity index (χ0) is 13.8. The summed E-state index contributed by atoms with van der Waals surface area (Å²) in [4.78, 5) is 6.95. The van der Waals surface area contributed by atoms with Crippen LogP contribution in [0.3, 0.4) is 0 Å². The van der Waals surface area contributed by atoms with Gasteiger partial charge in [-0.15, -0.1) is 11.3 Å². The summed E-state index contributed by atoms with van der Waals surface area (Å²) >= 11 is 1.65. The Morgan fingerprint density at radius 3 is 2.68 bits per heavy atom. The molecule has 0 radical (unpaired) electrons. The highest BCUT2D eigenvalue weighted by molar-refractivity contribution is 7.09. The van der Waals surface area contributed by atoms with E-state index in [1.54, 1.807) is 11.3 Å². The van der Waals surface area contributed by atoms with Crippen molar-refractivity contribution in [1.82, 2.24) is 4.98 Å². The molecule has 1 aromatic carbocycles. The molecule has 102 valence electrons. The number of aromatic nitrogens is 1. The van der Waals surface area contributed by atoms with E-state index in [0.29, 0.717) is 0 Å². The Hall–Kier alpha value is -1.39. The van der Waals surface area contributed by atoms with E-state index in [9.17, 15) is 0 Å². The third-order valence-electron chi connectivity index (χ3n) is 3.15. The van der Waals surface area contributed by atoms with E-state index < -0.39 is 0 Å². The van der Waals surface area contributed by atoms with Gasteiger partial charge in [-0.05, 0) is 32.4 Å². The van der Waals surface area contributed by atoms with Gasteiger partial charge in [0.1, 0.15) is 5.01 Å². The molecular formula is C15H21N3S. The van der Waals surface area contributed by atoms with Crippen LogP contribution in [0, 0.1) is 6.92 Å². The van der Waals surface area contributed by atoms with Crippen LogP contribution in [0.1, 0.15) is 36.2 Å². The summed E-state index contributed by atoms with van der Waals surface area (Å²) in [6.45, 7) is 8.10. The summed E-state index contributed by atoms with van der Waals surface area (Å²) in [7, 11) is 0. The number of rotatable bonds is 5. The summed E-state index contributed by atoms with van der Waals surface area (Å²) in [5, 5.41) is 3.12. The lowest BCUT2D eigenvalue weighted by Gasteiger charge is -2.24. The van der Waals surface area contributed by atoms with E-state index in [-0.39, 0.29) is 6.04 Å². The lowest BCUT2D eigenvalue weighted by atomic mass is 10.2. The minimum Gasteiger partial charge on any atom is -0.366 e. The molecule has 1 aromatic heterocycles. The molecule has 3 nitrogen and oxygen atoms in total. The van der Waals surface area contributed by atoms with Crippen molar-refractivity contribution in [2.45, 2.75) is 33.4 Å². The third-order valence-corrected chi connectivity index (χ3v) is 4.24. The Labute approximate surface area is 119 Å². The Morgan fingerprint density at radius 1 is 1.37 bits per heavy atom. The van der Waals surface area contributed by atoms with Gasteiger partial charge < -0.3 is 10.6 Å². The van der Waals surface area contributed by atoms with Crippen LogP contribution in [0.5, 0.6) is 0 Å². The van der Waals surface area contributed by atoms with Crippen LogP contribution in [-0.4, -0.2) is 11.5 Å². The van der Waals surface area contributed by atoms with Gasteiger partial charge in [0.05, 0.1) is 18.3 Å². The Morgan fingerprint density at radius 2 is 2.11 bits per heavy atom. The second-order valence-electron chi connectivity index (χ2n) is 4.77. The molecule has 19 heavy (non-hydrogen) atoms. The third kappa shape index (κ3) is 3.33. The first kappa shape index (κ1) is 14.0. The molecular weight excluding hydrogens is 254 g/mol. The predicted octanol–water partition coefficient (Wildman–Crippen LogP) is 3.50. The Bertz CT molecular complexity index is 534. The van der Waals surface area contributed by atoms with Crippen molar-refractivity contribution in [3.05, 3.63) is 45.9 Å². The molecule has 0 saturated heterocycles. The van der Waals surface area contributed by atoms with Crippen LogP contribution in [0.25, 0.3) is 0 Å². The molecule has 0 bridgehead atoms. The van der Waals surface area contributed by atoms with Crippen LogP contribution in [0.4, 0.5) is 5.69 Å². The number of benzene rings is 1. The van der Waals surface area contributed by atoms with Crippen molar-refractivity contribution in [2.24, 2.45) is 5.73 Å². The summed E-state index contributed by atoms with van der Waals surface area (Å²) in [5.41, 5.74) is 9.54. The molecule has 0 aliphatic heterocycles. The molecule has 2 N–H and O–H groups in total. The molecule has 4 heteroatoms. The van der Waals surface area contributed by atoms with Gasteiger partial charge >= 0.3 is 0 Å². The first-order valence-electron chi connectivity index (χ1n) is 6.62. The van der Waals surface area contributed by atoms with Crippen molar-refractivity contribution in [1.29, 1.82) is 0 Å². The summed E-state index contributed by atoms with van der Waals surface area (Å²) in [6, 6.07) is 8.49. The second-order valence-corrected chi connectivity index (χ2v) is 5.66. The van der Waals surface area contributed by atoms with Gasteiger partial charge in [-0.2, -0.15) is 0 Å². The highest BCUT2D eigenvalue weighted by atomic mass is 32.1. The summed E-state index contributed by atoms with van der Waals surface area (Å²) in [5.74, 6) is 0. The average Bonchev–Trinajstić information content (AvgIpc) is 2.86. The standard InChI is InChI=1S/C15H21N3S/c1-4-18(14-8-6-5-7-11(14)2)9-13-10-19-15(17-13)12(3)16/h5-8,10,12H,4,9,16H2,1-3H3. The van der Waals surface area contributed by atoms with E-state index in [1.807, 2.05) is 6.92 Å². The highest BCUT2D eigenvalue weighted by Crippen LogP contribution is 2.23. The van der Waals surface area contributed by atoms with Crippen LogP contribution in [-0.2, 0) is 6.54 Å². The van der Waals surface area contributed by atoms with Crippen LogP contribution < -0.4 is 10.6 Å². The number of aryl methyl sites for hydroxylation is 1. The summed E-state index contributed by atoms with van der Waals surface area (Å²) in [6.07, 6.45) is 0. The second kappa shape index (κ2) is 6.17. The quantitative estimate of drug-likeness (QED) is 0.908. The van der Waals surface area contributed by atoms with Crippen LogP contribution in [0.2, 0.25) is 0 Å². The lowest BCUT2D eigenvalue weighted by molar-refractivity contribution is 0.773. The molecule has 0 aliphatic rings. The maximum atomic E-state index is 5.86. The maximum Gasteiger partial charge on any atom is 0.109 e. The van der Waals surface area contributed by atoms with Crippen molar-refractivity contribution < 1.29 is 0 Å². The van der Waals surface area contributed by atoms with Crippen molar-refractivity contribution in [3.8, 4) is 0 Å². The Kier molecular flexibility index (Phi) is 4.56. The number of nitrogens with two attached hydrogens (primary N) is 1. The van der Waals surface area contributed by atoms with Gasteiger partial charge in [0, 0.05) is 17.6 Å². The van der Waals surface area contributed by atoms with Crippen molar-refractivity contribution >= 4 is 17.0 Å². The predicted molar refractivity (Wildman–Crippen MR) is 82.6 cm³/mol. The molecule has 2 rings (SSSR count). The number of nitrogens with zero attached hydrogens (tertiary/aromatic N) is 2. The molecule has 0 fully saturated rings. The fourth-order valence-corrected chi connectivity index (χ4v) is 2.85. The lowest BCUT2D eigenvalue weighted by Crippen LogP contribution is -2.23. The molecule has 0 spiro atoms. The number of hydrogen-bond acceptors (Lipinski definition) is 4. The van der Waals surface area contributed by atoms with Gasteiger partial charge in [-0.3, -0.25) is 0 Å². The van der Waals surface area contributed by atoms with Gasteiger partial charge in [-0.1, -0.05) is 18.2 Å². The monoisotopic (exact) mass is 275 g/mol. The molecule has 2 aromatic rings. The van der Waals surface area contributed by atoms with Gasteiger partial charge in [-0.25, -0.2) is 4.98 Å².